The molecule has 0 radical (unpaired) electrons. The monoisotopic (exact) mass is 1100 g/mol. The Balaban J connectivity index is 4.64. The van der Waals surface area contributed by atoms with Crippen LogP contribution in [0.5, 0.6) is 0 Å². The first-order valence-corrected chi connectivity index (χ1v) is 34.1. The molecule has 0 spiro atoms. The van der Waals surface area contributed by atoms with Crippen LogP contribution in [0.4, 0.5) is 0 Å². The van der Waals surface area contributed by atoms with E-state index in [0.717, 1.165) is 57.8 Å². The van der Waals surface area contributed by atoms with Crippen molar-refractivity contribution in [3.63, 3.8) is 0 Å². The summed E-state index contributed by atoms with van der Waals surface area (Å²) in [5, 5.41) is 9.85. The molecular weight excluding hydrogens is 976 g/mol. The van der Waals surface area contributed by atoms with Crippen LogP contribution < -0.4 is 0 Å². The summed E-state index contributed by atoms with van der Waals surface area (Å²) in [7, 11) is -4.74. The SMILES string of the molecule is CCCCCCCC/C=C\CCCCCCCCCCCC(=O)OC(COC(=O)CCCCCCCCCCCCCCCCC)COP(=O)(O)OCC(CO)OC(=O)CCCCCCCCCCCCCCCCC. The van der Waals surface area contributed by atoms with Gasteiger partial charge in [-0.1, -0.05) is 290 Å². The van der Waals surface area contributed by atoms with Crippen LogP contribution in [0.1, 0.15) is 342 Å². The van der Waals surface area contributed by atoms with Gasteiger partial charge in [-0.3, -0.25) is 23.4 Å². The van der Waals surface area contributed by atoms with Crippen LogP contribution in [0.3, 0.4) is 0 Å². The van der Waals surface area contributed by atoms with Crippen LogP contribution in [-0.4, -0.2) is 66.5 Å². The first-order chi connectivity index (χ1) is 37.2. The van der Waals surface area contributed by atoms with Gasteiger partial charge in [-0.05, 0) is 44.9 Å². The maximum atomic E-state index is 13.0. The van der Waals surface area contributed by atoms with Crippen molar-refractivity contribution in [2.24, 2.45) is 0 Å². The van der Waals surface area contributed by atoms with E-state index in [9.17, 15) is 28.9 Å². The van der Waals surface area contributed by atoms with Crippen molar-refractivity contribution >= 4 is 25.7 Å². The first-order valence-electron chi connectivity index (χ1n) is 32.6. The zero-order valence-electron chi connectivity index (χ0n) is 50.0. The fourth-order valence-electron chi connectivity index (χ4n) is 9.71. The molecule has 0 aliphatic heterocycles. The molecule has 2 N–H and O–H groups in total. The van der Waals surface area contributed by atoms with Crippen LogP contribution in [0, 0.1) is 0 Å². The molecule has 0 bridgehead atoms. The number of aliphatic hydroxyl groups excluding tert-OH is 1. The number of unbranched alkanes of at least 4 members (excludes halogenated alkanes) is 43. The van der Waals surface area contributed by atoms with Crippen molar-refractivity contribution in [2.45, 2.75) is 354 Å². The van der Waals surface area contributed by atoms with Gasteiger partial charge in [0.2, 0.25) is 0 Å². The predicted octanol–water partition coefficient (Wildman–Crippen LogP) is 19.6. The van der Waals surface area contributed by atoms with E-state index < -0.39 is 57.8 Å². The van der Waals surface area contributed by atoms with Gasteiger partial charge in [0.15, 0.2) is 6.10 Å². The highest BCUT2D eigenvalue weighted by atomic mass is 31.2. The predicted molar refractivity (Wildman–Crippen MR) is 317 cm³/mol. The average molecular weight is 1100 g/mol. The number of ether oxygens (including phenoxy) is 3. The molecule has 0 rings (SSSR count). The summed E-state index contributed by atoms with van der Waals surface area (Å²) in [6.45, 7) is 4.73. The summed E-state index contributed by atoms with van der Waals surface area (Å²) < 4.78 is 39.7. The van der Waals surface area contributed by atoms with Gasteiger partial charge >= 0.3 is 25.7 Å². The molecule has 0 saturated heterocycles. The third kappa shape index (κ3) is 56.9. The quantitative estimate of drug-likeness (QED) is 0.0197. The van der Waals surface area contributed by atoms with Gasteiger partial charge in [0.05, 0.1) is 19.8 Å². The fourth-order valence-corrected chi connectivity index (χ4v) is 10.5. The third-order valence-corrected chi connectivity index (χ3v) is 15.6. The second-order valence-electron chi connectivity index (χ2n) is 22.3. The van der Waals surface area contributed by atoms with Gasteiger partial charge in [0.1, 0.15) is 12.7 Å². The van der Waals surface area contributed by atoms with Crippen LogP contribution in [0.2, 0.25) is 0 Å². The highest BCUT2D eigenvalue weighted by Crippen LogP contribution is 2.43. The van der Waals surface area contributed by atoms with Crippen molar-refractivity contribution in [1.29, 1.82) is 0 Å². The van der Waals surface area contributed by atoms with E-state index in [2.05, 4.69) is 32.9 Å². The zero-order valence-corrected chi connectivity index (χ0v) is 50.9. The Kier molecular flexibility index (Phi) is 58.0. The summed E-state index contributed by atoms with van der Waals surface area (Å²) in [6, 6.07) is 0. The molecule has 0 aromatic rings. The summed E-state index contributed by atoms with van der Waals surface area (Å²) in [4.78, 5) is 48.7. The molecule has 0 aromatic heterocycles. The highest BCUT2D eigenvalue weighted by Gasteiger charge is 2.28. The topological polar surface area (TPSA) is 155 Å². The number of carbonyl (C=O) groups excluding carboxylic acids is 3. The first kappa shape index (κ1) is 74.2. The molecule has 450 valence electrons. The minimum absolute atomic E-state index is 0.173. The van der Waals surface area contributed by atoms with E-state index in [1.807, 2.05) is 0 Å². The number of phosphoric ester groups is 1. The second kappa shape index (κ2) is 59.3. The summed E-state index contributed by atoms with van der Waals surface area (Å²) in [5.41, 5.74) is 0. The number of allylic oxidation sites excluding steroid dienone is 2. The second-order valence-corrected chi connectivity index (χ2v) is 23.8. The number of hydrogen-bond donors (Lipinski definition) is 2. The number of hydrogen-bond acceptors (Lipinski definition) is 10. The van der Waals surface area contributed by atoms with Crippen molar-refractivity contribution in [3.8, 4) is 0 Å². The van der Waals surface area contributed by atoms with Crippen LogP contribution in [0.15, 0.2) is 12.2 Å². The fraction of sp³-hybridized carbons (Fsp3) is 0.922. The Morgan fingerprint density at radius 1 is 0.355 bits per heavy atom. The minimum atomic E-state index is -4.74. The molecule has 0 heterocycles. The normalized spacial score (nSPS) is 13.3. The van der Waals surface area contributed by atoms with E-state index >= 15 is 0 Å². The largest absolute Gasteiger partial charge is 0.472 e. The van der Waals surface area contributed by atoms with Crippen molar-refractivity contribution in [2.75, 3.05) is 26.4 Å². The van der Waals surface area contributed by atoms with Gasteiger partial charge in [-0.25, -0.2) is 4.57 Å². The molecule has 0 aliphatic rings. The molecule has 0 amide bonds. The highest BCUT2D eigenvalue weighted by molar-refractivity contribution is 7.47. The average Bonchev–Trinajstić information content (AvgIpc) is 3.41. The molecular formula is C64H123O11P. The standard InChI is InChI=1S/C64H123O11P/c1-4-7-10-13-16-19-22-25-28-29-30-31-34-37-40-43-46-49-52-55-64(68)75-61(57-71-62(66)53-50-47-44-41-38-35-32-26-23-20-17-14-11-8-5-2)59-73-76(69,70)72-58-60(56-65)74-63(67)54-51-48-45-42-39-36-33-27-24-21-18-15-12-9-6-3/h25,28,60-61,65H,4-24,26-27,29-59H2,1-3H3,(H,69,70)/b28-25-. The van der Waals surface area contributed by atoms with Crippen molar-refractivity contribution < 1.29 is 52.2 Å². The number of rotatable bonds is 62. The van der Waals surface area contributed by atoms with E-state index in [0.29, 0.717) is 19.3 Å². The lowest BCUT2D eigenvalue weighted by atomic mass is 10.0. The summed E-state index contributed by atoms with van der Waals surface area (Å²) >= 11 is 0. The Bertz CT molecular complexity index is 1330. The number of carbonyl (C=O) groups is 3. The molecule has 3 atom stereocenters. The Morgan fingerprint density at radius 3 is 0.908 bits per heavy atom. The number of phosphoric acid groups is 1. The maximum Gasteiger partial charge on any atom is 0.472 e. The molecule has 12 heteroatoms. The summed E-state index contributed by atoms with van der Waals surface area (Å²) in [6.07, 6.45) is 60.1. The van der Waals surface area contributed by atoms with Gasteiger partial charge in [-0.2, -0.15) is 0 Å². The maximum absolute atomic E-state index is 13.0. The number of esters is 3. The molecule has 11 nitrogen and oxygen atoms in total. The zero-order chi connectivity index (χ0) is 55.5. The third-order valence-electron chi connectivity index (χ3n) is 14.7. The van der Waals surface area contributed by atoms with Crippen molar-refractivity contribution in [1.82, 2.24) is 0 Å². The van der Waals surface area contributed by atoms with Gasteiger partial charge in [0, 0.05) is 19.3 Å². The lowest BCUT2D eigenvalue weighted by molar-refractivity contribution is -0.161. The smallest absolute Gasteiger partial charge is 0.462 e. The Labute approximate surface area is 468 Å². The molecule has 76 heavy (non-hydrogen) atoms. The molecule has 3 unspecified atom stereocenters. The van der Waals surface area contributed by atoms with Crippen LogP contribution in [-0.2, 0) is 42.2 Å². The van der Waals surface area contributed by atoms with E-state index in [4.69, 9.17) is 23.3 Å². The molecule has 0 aromatic carbocycles. The van der Waals surface area contributed by atoms with Gasteiger partial charge < -0.3 is 24.2 Å². The minimum Gasteiger partial charge on any atom is -0.462 e. The van der Waals surface area contributed by atoms with Crippen LogP contribution >= 0.6 is 7.82 Å². The molecule has 0 fully saturated rings. The van der Waals surface area contributed by atoms with Gasteiger partial charge in [0.25, 0.3) is 0 Å². The van der Waals surface area contributed by atoms with E-state index in [1.165, 1.54) is 225 Å². The lowest BCUT2D eigenvalue weighted by Crippen LogP contribution is -2.30. The molecule has 0 aliphatic carbocycles. The van der Waals surface area contributed by atoms with Gasteiger partial charge in [-0.15, -0.1) is 0 Å². The Hall–Kier alpha value is -1.78. The number of aliphatic hydroxyl groups is 1. The Morgan fingerprint density at radius 2 is 0.605 bits per heavy atom. The van der Waals surface area contributed by atoms with Crippen LogP contribution in [0.25, 0.3) is 0 Å². The van der Waals surface area contributed by atoms with E-state index in [1.54, 1.807) is 0 Å². The van der Waals surface area contributed by atoms with E-state index in [-0.39, 0.29) is 25.9 Å². The lowest BCUT2D eigenvalue weighted by Gasteiger charge is -2.21. The molecule has 0 saturated carbocycles. The van der Waals surface area contributed by atoms with Crippen molar-refractivity contribution in [3.05, 3.63) is 12.2 Å². The summed E-state index contributed by atoms with van der Waals surface area (Å²) in [5.74, 6) is -1.43.